The molecule has 0 aromatic heterocycles. The first-order valence-electron chi connectivity index (χ1n) is 9.83. The molecule has 13 nitrogen and oxygen atoms in total. The summed E-state index contributed by atoms with van der Waals surface area (Å²) in [5.41, 5.74) is -0.941. The molecule has 2 aromatic rings. The molecule has 0 bridgehead atoms. The molecular formula is C21H20O13. The maximum absolute atomic E-state index is 12.8. The molecule has 1 fully saturated rings. The van der Waals surface area contributed by atoms with Gasteiger partial charge < -0.3 is 54.7 Å². The van der Waals surface area contributed by atoms with Crippen molar-refractivity contribution in [2.24, 2.45) is 0 Å². The second-order valence-electron chi connectivity index (χ2n) is 7.61. The molecule has 7 N–H and O–H groups in total. The van der Waals surface area contributed by atoms with Crippen LogP contribution in [0.1, 0.15) is 32.4 Å². The molecule has 2 aliphatic rings. The summed E-state index contributed by atoms with van der Waals surface area (Å²) in [6.45, 7) is -0.764. The molecule has 34 heavy (non-hydrogen) atoms. The quantitative estimate of drug-likeness (QED) is 0.223. The number of methoxy groups -OCH3 is 1. The van der Waals surface area contributed by atoms with Gasteiger partial charge in [-0.15, -0.1) is 0 Å². The van der Waals surface area contributed by atoms with Crippen molar-refractivity contribution in [3.05, 3.63) is 34.9 Å². The van der Waals surface area contributed by atoms with Gasteiger partial charge >= 0.3 is 11.9 Å². The monoisotopic (exact) mass is 480 g/mol. The van der Waals surface area contributed by atoms with Crippen molar-refractivity contribution in [2.75, 3.05) is 13.7 Å². The highest BCUT2D eigenvalue weighted by Crippen LogP contribution is 2.50. The molecule has 0 aliphatic carbocycles. The zero-order valence-electron chi connectivity index (χ0n) is 17.4. The molecule has 0 radical (unpaired) electrons. The lowest BCUT2D eigenvalue weighted by molar-refractivity contribution is -0.235. The van der Waals surface area contributed by atoms with Gasteiger partial charge in [-0.25, -0.2) is 9.59 Å². The molecule has 0 amide bonds. The van der Waals surface area contributed by atoms with Crippen LogP contribution in [0, 0.1) is 0 Å². The number of carbonyl (C=O) groups excluding carboxylic acids is 2. The van der Waals surface area contributed by atoms with Crippen LogP contribution in [0.25, 0.3) is 0 Å². The van der Waals surface area contributed by atoms with Gasteiger partial charge in [-0.2, -0.15) is 0 Å². The van der Waals surface area contributed by atoms with E-state index in [1.54, 1.807) is 0 Å². The first-order chi connectivity index (χ1) is 16.1. The fourth-order valence-electron chi connectivity index (χ4n) is 3.93. The van der Waals surface area contributed by atoms with Crippen molar-refractivity contribution in [3.8, 4) is 34.5 Å². The molecule has 0 unspecified atom stereocenters. The Balaban J connectivity index is 1.74. The van der Waals surface area contributed by atoms with Crippen molar-refractivity contribution >= 4 is 11.9 Å². The smallest absolute Gasteiger partial charge is 0.339 e. The average Bonchev–Trinajstić information content (AvgIpc) is 2.81. The van der Waals surface area contributed by atoms with Crippen molar-refractivity contribution in [1.82, 2.24) is 0 Å². The highest BCUT2D eigenvalue weighted by Gasteiger charge is 2.54. The maximum atomic E-state index is 12.8. The van der Waals surface area contributed by atoms with Crippen LogP contribution >= 0.6 is 0 Å². The molecular weight excluding hydrogens is 460 g/mol. The van der Waals surface area contributed by atoms with Gasteiger partial charge in [0.1, 0.15) is 18.3 Å². The lowest BCUT2D eigenvalue weighted by Gasteiger charge is -2.45. The Bertz CT molecular complexity index is 1160. The normalized spacial score (nSPS) is 25.6. The molecule has 182 valence electrons. The number of hydrogen-bond donors (Lipinski definition) is 7. The molecule has 5 atom stereocenters. The number of rotatable bonds is 4. The minimum atomic E-state index is -1.70. The third-order valence-electron chi connectivity index (χ3n) is 5.64. The first-order valence-corrected chi connectivity index (χ1v) is 9.83. The second kappa shape index (κ2) is 8.44. The molecule has 1 saturated heterocycles. The van der Waals surface area contributed by atoms with E-state index in [1.807, 2.05) is 0 Å². The number of aromatic hydroxyl groups is 5. The van der Waals surface area contributed by atoms with Gasteiger partial charge in [0.2, 0.25) is 11.5 Å². The Morgan fingerprint density at radius 3 is 2.35 bits per heavy atom. The number of benzene rings is 2. The summed E-state index contributed by atoms with van der Waals surface area (Å²) in [5, 5.41) is 69.9. The molecule has 13 heteroatoms. The number of hydrogen-bond acceptors (Lipinski definition) is 13. The molecule has 4 rings (SSSR count). The van der Waals surface area contributed by atoms with E-state index < -0.39 is 77.8 Å². The first kappa shape index (κ1) is 23.2. The molecule has 2 aliphatic heterocycles. The Morgan fingerprint density at radius 2 is 1.71 bits per heavy atom. The summed E-state index contributed by atoms with van der Waals surface area (Å²) in [6, 6.07) is 2.78. The van der Waals surface area contributed by atoms with Crippen molar-refractivity contribution < 1.29 is 64.3 Å². The van der Waals surface area contributed by atoms with Crippen LogP contribution in [0.3, 0.4) is 0 Å². The zero-order valence-corrected chi connectivity index (χ0v) is 17.4. The predicted octanol–water partition coefficient (Wildman–Crippen LogP) is -0.219. The number of phenolic OH excluding ortho intramolecular Hbond substituents is 5. The van der Waals surface area contributed by atoms with E-state index in [0.717, 1.165) is 18.2 Å². The van der Waals surface area contributed by atoms with Crippen LogP contribution in [-0.4, -0.2) is 85.8 Å². The SMILES string of the molecule is COc1cc(C(=O)O[C@@H]2[C@@H](O)[C@H](CO)O[C@@H]3c4c(cc(O)c(O)c4O)C(=O)O[C@@H]23)cc(O)c1O. The van der Waals surface area contributed by atoms with E-state index in [-0.39, 0.29) is 22.4 Å². The third-order valence-corrected chi connectivity index (χ3v) is 5.64. The minimum Gasteiger partial charge on any atom is -0.504 e. The number of esters is 2. The number of aliphatic hydroxyl groups is 2. The maximum Gasteiger partial charge on any atom is 0.339 e. The fourth-order valence-corrected chi connectivity index (χ4v) is 3.93. The average molecular weight is 480 g/mol. The number of ether oxygens (including phenoxy) is 4. The lowest BCUT2D eigenvalue weighted by atomic mass is 9.86. The number of aliphatic hydroxyl groups excluding tert-OH is 2. The molecule has 2 heterocycles. The van der Waals surface area contributed by atoms with Crippen molar-refractivity contribution in [1.29, 1.82) is 0 Å². The number of phenols is 5. The van der Waals surface area contributed by atoms with Gasteiger partial charge in [-0.1, -0.05) is 0 Å². The second-order valence-corrected chi connectivity index (χ2v) is 7.61. The van der Waals surface area contributed by atoms with Crippen LogP contribution in [0.2, 0.25) is 0 Å². The molecule has 0 saturated carbocycles. The predicted molar refractivity (Wildman–Crippen MR) is 107 cm³/mol. The Morgan fingerprint density at radius 1 is 1.03 bits per heavy atom. The van der Waals surface area contributed by atoms with E-state index in [1.165, 1.54) is 7.11 Å². The molecule has 0 spiro atoms. The standard InChI is InChI=1S/C21H20O13/c1-31-10-3-6(2-8(23)13(10)25)20(29)33-18-15(27)11(5-22)32-17-12-7(21(30)34-19(17)18)4-9(24)14(26)16(12)28/h2-4,11,15,17-19,22-28H,5H2,1H3/t11-,15-,17+,18+,19+/m0/s1. The summed E-state index contributed by atoms with van der Waals surface area (Å²) in [7, 11) is 1.18. The minimum absolute atomic E-state index is 0.246. The van der Waals surface area contributed by atoms with E-state index >= 15 is 0 Å². The third kappa shape index (κ3) is 3.55. The van der Waals surface area contributed by atoms with E-state index in [0.29, 0.717) is 0 Å². The van der Waals surface area contributed by atoms with Crippen LogP contribution in [-0.2, 0) is 14.2 Å². The fraction of sp³-hybridized carbons (Fsp3) is 0.333. The highest BCUT2D eigenvalue weighted by molar-refractivity contribution is 5.95. The van der Waals surface area contributed by atoms with Gasteiger partial charge in [0.25, 0.3) is 0 Å². The van der Waals surface area contributed by atoms with Crippen molar-refractivity contribution in [3.63, 3.8) is 0 Å². The topological polar surface area (TPSA) is 213 Å². The summed E-state index contributed by atoms with van der Waals surface area (Å²) >= 11 is 0. The Hall–Kier alpha value is -3.94. The van der Waals surface area contributed by atoms with Crippen LogP contribution in [0.5, 0.6) is 34.5 Å². The van der Waals surface area contributed by atoms with E-state index in [9.17, 15) is 45.3 Å². The number of carbonyl (C=O) groups is 2. The van der Waals surface area contributed by atoms with Crippen LogP contribution in [0.15, 0.2) is 18.2 Å². The molecule has 2 aromatic carbocycles. The van der Waals surface area contributed by atoms with Crippen LogP contribution < -0.4 is 4.74 Å². The zero-order chi connectivity index (χ0) is 24.9. The van der Waals surface area contributed by atoms with Crippen LogP contribution in [0.4, 0.5) is 0 Å². The van der Waals surface area contributed by atoms with Crippen molar-refractivity contribution in [2.45, 2.75) is 30.5 Å². The van der Waals surface area contributed by atoms with E-state index in [2.05, 4.69) is 0 Å². The number of fused-ring (bicyclic) bond motifs is 3. The summed E-state index contributed by atoms with van der Waals surface area (Å²) < 4.78 is 21.1. The largest absolute Gasteiger partial charge is 0.504 e. The van der Waals surface area contributed by atoms with Gasteiger partial charge in [0.05, 0.1) is 24.8 Å². The summed E-state index contributed by atoms with van der Waals surface area (Å²) in [4.78, 5) is 25.4. The lowest BCUT2D eigenvalue weighted by Crippen LogP contribution is -2.59. The van der Waals surface area contributed by atoms with E-state index in [4.69, 9.17) is 18.9 Å². The summed E-state index contributed by atoms with van der Waals surface area (Å²) in [5.74, 6) is -6.41. The van der Waals surface area contributed by atoms with Gasteiger partial charge in [-0.05, 0) is 18.2 Å². The Labute approximate surface area is 190 Å². The van der Waals surface area contributed by atoms with Gasteiger partial charge in [0, 0.05) is 5.56 Å². The highest BCUT2D eigenvalue weighted by atomic mass is 16.6. The van der Waals surface area contributed by atoms with Gasteiger partial charge in [-0.3, -0.25) is 0 Å². The Kier molecular flexibility index (Phi) is 5.77. The van der Waals surface area contributed by atoms with Gasteiger partial charge in [0.15, 0.2) is 35.2 Å². The summed E-state index contributed by atoms with van der Waals surface area (Å²) in [6.07, 6.45) is -7.67.